The summed E-state index contributed by atoms with van der Waals surface area (Å²) in [5, 5.41) is 17.4. The summed E-state index contributed by atoms with van der Waals surface area (Å²) < 4.78 is 17.9. The summed E-state index contributed by atoms with van der Waals surface area (Å²) in [6, 6.07) is 38.6. The third-order valence-corrected chi connectivity index (χ3v) is 9.76. The van der Waals surface area contributed by atoms with Crippen molar-refractivity contribution in [3.8, 4) is 0 Å². The summed E-state index contributed by atoms with van der Waals surface area (Å²) in [6.45, 7) is 1.32. The first-order valence-corrected chi connectivity index (χ1v) is 17.2. The number of aliphatic hydroxyl groups excluding tert-OH is 1. The average molecular weight is 693 g/mol. The van der Waals surface area contributed by atoms with E-state index in [0.29, 0.717) is 18.7 Å². The highest BCUT2D eigenvalue weighted by molar-refractivity contribution is 6.16. The van der Waals surface area contributed by atoms with Crippen molar-refractivity contribution in [2.75, 3.05) is 18.9 Å². The number of benzene rings is 6. The molecule has 2 aliphatic rings. The molecular weight excluding hydrogens is 656 g/mol. The Kier molecular flexibility index (Phi) is 9.09. The van der Waals surface area contributed by atoms with Crippen LogP contribution in [0.25, 0.3) is 21.5 Å². The second kappa shape index (κ2) is 14.1. The maximum absolute atomic E-state index is 13.2. The number of esters is 2. The number of hydrogen-bond acceptors (Lipinski definition) is 8. The van der Waals surface area contributed by atoms with Gasteiger partial charge in [0.05, 0.1) is 29.9 Å². The maximum Gasteiger partial charge on any atom is 0.346 e. The Bertz CT molecular complexity index is 2280. The van der Waals surface area contributed by atoms with Crippen LogP contribution in [0.4, 0.5) is 5.69 Å². The molecule has 8 rings (SSSR count). The third kappa shape index (κ3) is 6.70. The number of aliphatic hydroxyl groups is 1. The first kappa shape index (κ1) is 33.4. The van der Waals surface area contributed by atoms with Crippen LogP contribution < -0.4 is 5.32 Å². The second-order valence-corrected chi connectivity index (χ2v) is 13.4. The molecule has 1 saturated heterocycles. The molecule has 52 heavy (non-hydrogen) atoms. The number of fused-ring (bicyclic) bond motifs is 3. The van der Waals surface area contributed by atoms with Gasteiger partial charge in [0.1, 0.15) is 0 Å². The lowest BCUT2D eigenvalue weighted by Crippen LogP contribution is -2.37. The van der Waals surface area contributed by atoms with Crippen molar-refractivity contribution in [1.82, 2.24) is 4.90 Å². The average Bonchev–Trinajstić information content (AvgIpc) is 3.46. The van der Waals surface area contributed by atoms with Crippen LogP contribution in [-0.4, -0.2) is 47.5 Å². The summed E-state index contributed by atoms with van der Waals surface area (Å²) >= 11 is 0. The van der Waals surface area contributed by atoms with Gasteiger partial charge in [0.15, 0.2) is 6.29 Å². The highest BCUT2D eigenvalue weighted by atomic mass is 16.7. The van der Waals surface area contributed by atoms with Gasteiger partial charge < -0.3 is 24.6 Å². The molecule has 2 heterocycles. The quantitative estimate of drug-likeness (QED) is 0.0900. The van der Waals surface area contributed by atoms with E-state index in [1.807, 2.05) is 42.5 Å². The van der Waals surface area contributed by atoms with Crippen molar-refractivity contribution < 1.29 is 33.7 Å². The number of likely N-dealkylation sites (N-methyl/N-ethyl adjacent to an activating group) is 1. The van der Waals surface area contributed by atoms with Crippen LogP contribution in [0.3, 0.4) is 0 Å². The molecule has 6 aromatic rings. The zero-order chi connectivity index (χ0) is 35.8. The molecule has 6 aromatic carbocycles. The van der Waals surface area contributed by atoms with Crippen molar-refractivity contribution in [3.63, 3.8) is 0 Å². The van der Waals surface area contributed by atoms with Gasteiger partial charge in [0, 0.05) is 36.3 Å². The minimum Gasteiger partial charge on any atom is -0.392 e. The molecule has 0 aliphatic carbocycles. The highest BCUT2D eigenvalue weighted by Gasteiger charge is 2.34. The lowest BCUT2D eigenvalue weighted by molar-refractivity contribution is -0.252. The number of hydrogen-bond donors (Lipinski definition) is 2. The van der Waals surface area contributed by atoms with Gasteiger partial charge in [-0.05, 0) is 81.7 Å². The lowest BCUT2D eigenvalue weighted by atomic mass is 9.96. The number of carbonyl (C=O) groups is 3. The fourth-order valence-corrected chi connectivity index (χ4v) is 7.19. The van der Waals surface area contributed by atoms with E-state index in [2.05, 4.69) is 76.6 Å². The number of anilines is 1. The monoisotopic (exact) mass is 692 g/mol. The Morgan fingerprint density at radius 1 is 0.769 bits per heavy atom. The van der Waals surface area contributed by atoms with Gasteiger partial charge in [-0.3, -0.25) is 9.69 Å². The largest absolute Gasteiger partial charge is 0.392 e. The molecule has 3 unspecified atom stereocenters. The van der Waals surface area contributed by atoms with Gasteiger partial charge >= 0.3 is 11.9 Å². The van der Waals surface area contributed by atoms with E-state index in [1.54, 1.807) is 6.07 Å². The minimum atomic E-state index is -0.769. The number of ether oxygens (including phenoxy) is 3. The SMILES string of the molecule is CN(Cc1c2ccccc2cc2ccccc12)CC1CC(c2ccc(CO)cc2)OC(c2cccc(NC(=O)c3ccc4c(c3)C(=O)OC4=O)c2)O1. The number of nitrogens with one attached hydrogen (secondary N) is 1. The summed E-state index contributed by atoms with van der Waals surface area (Å²) in [5.74, 6) is -1.93. The number of carbonyl (C=O) groups excluding carboxylic acids is 3. The summed E-state index contributed by atoms with van der Waals surface area (Å²) in [4.78, 5) is 39.4. The molecule has 0 radical (unpaired) electrons. The third-order valence-electron chi connectivity index (χ3n) is 9.76. The molecule has 0 saturated carbocycles. The normalized spacial score (nSPS) is 18.5. The van der Waals surface area contributed by atoms with E-state index < -0.39 is 24.1 Å². The molecule has 0 aromatic heterocycles. The zero-order valence-electron chi connectivity index (χ0n) is 28.5. The summed E-state index contributed by atoms with van der Waals surface area (Å²) in [6.07, 6.45) is -0.587. The molecule has 2 aliphatic heterocycles. The number of cyclic esters (lactones) is 2. The smallest absolute Gasteiger partial charge is 0.346 e. The van der Waals surface area contributed by atoms with Gasteiger partial charge in [-0.15, -0.1) is 0 Å². The van der Waals surface area contributed by atoms with E-state index in [-0.39, 0.29) is 35.5 Å². The Hall–Kier alpha value is -5.71. The van der Waals surface area contributed by atoms with Gasteiger partial charge in [-0.2, -0.15) is 0 Å². The van der Waals surface area contributed by atoms with E-state index in [9.17, 15) is 19.5 Å². The van der Waals surface area contributed by atoms with Crippen LogP contribution in [0, 0.1) is 0 Å². The first-order valence-electron chi connectivity index (χ1n) is 17.2. The fourth-order valence-electron chi connectivity index (χ4n) is 7.19. The summed E-state index contributed by atoms with van der Waals surface area (Å²) in [5.41, 5.74) is 4.74. The van der Waals surface area contributed by atoms with Crippen LogP contribution in [0.1, 0.15) is 72.1 Å². The molecule has 2 N–H and O–H groups in total. The van der Waals surface area contributed by atoms with E-state index in [4.69, 9.17) is 9.47 Å². The Morgan fingerprint density at radius 3 is 2.21 bits per heavy atom. The molecule has 1 fully saturated rings. The minimum absolute atomic E-state index is 0.0417. The second-order valence-electron chi connectivity index (χ2n) is 13.4. The summed E-state index contributed by atoms with van der Waals surface area (Å²) in [7, 11) is 2.11. The van der Waals surface area contributed by atoms with Gasteiger partial charge in [0.2, 0.25) is 0 Å². The van der Waals surface area contributed by atoms with Gasteiger partial charge in [-0.25, -0.2) is 9.59 Å². The highest BCUT2D eigenvalue weighted by Crippen LogP contribution is 2.39. The van der Waals surface area contributed by atoms with Crippen molar-refractivity contribution in [1.29, 1.82) is 0 Å². The standard InChI is InChI=1S/C43H36N2O7/c1-45(24-38-34-11-4-2-7-28(34)19-29-8-3-5-12-35(29)38)23-33-22-39(27-15-13-26(25-46)14-16-27)51-43(50-33)31-9-6-10-32(20-31)44-40(47)30-17-18-36-37(21-30)42(49)52-41(36)48/h2-21,33,39,43,46H,22-25H2,1H3,(H,44,47). The molecule has 0 spiro atoms. The van der Waals surface area contributed by atoms with E-state index >= 15 is 0 Å². The van der Waals surface area contributed by atoms with Gasteiger partial charge in [0.25, 0.3) is 5.91 Å². The van der Waals surface area contributed by atoms with E-state index in [0.717, 1.165) is 23.2 Å². The molecule has 9 heteroatoms. The predicted octanol–water partition coefficient (Wildman–Crippen LogP) is 7.73. The Morgan fingerprint density at radius 2 is 1.48 bits per heavy atom. The predicted molar refractivity (Wildman–Crippen MR) is 197 cm³/mol. The lowest BCUT2D eigenvalue weighted by Gasteiger charge is -2.38. The molecule has 1 amide bonds. The van der Waals surface area contributed by atoms with Gasteiger partial charge in [-0.1, -0.05) is 84.9 Å². The van der Waals surface area contributed by atoms with Crippen LogP contribution >= 0.6 is 0 Å². The molecule has 9 nitrogen and oxygen atoms in total. The Labute approximate surface area is 300 Å². The maximum atomic E-state index is 13.2. The Balaban J connectivity index is 1.04. The topological polar surface area (TPSA) is 114 Å². The van der Waals surface area contributed by atoms with Crippen molar-refractivity contribution in [2.45, 2.75) is 38.1 Å². The van der Waals surface area contributed by atoms with Crippen LogP contribution in [0.2, 0.25) is 0 Å². The first-order chi connectivity index (χ1) is 25.3. The molecular formula is C43H36N2O7. The number of nitrogens with zero attached hydrogens (tertiary/aromatic N) is 1. The molecule has 0 bridgehead atoms. The number of rotatable bonds is 9. The van der Waals surface area contributed by atoms with Crippen molar-refractivity contribution in [3.05, 3.63) is 160 Å². The van der Waals surface area contributed by atoms with Crippen LogP contribution in [-0.2, 0) is 27.4 Å². The zero-order valence-corrected chi connectivity index (χ0v) is 28.5. The van der Waals surface area contributed by atoms with Crippen LogP contribution in [0.15, 0.2) is 121 Å². The van der Waals surface area contributed by atoms with Crippen LogP contribution in [0.5, 0.6) is 0 Å². The number of amides is 1. The van der Waals surface area contributed by atoms with E-state index in [1.165, 1.54) is 45.3 Å². The fraction of sp³-hybridized carbons (Fsp3) is 0.186. The molecule has 260 valence electrons. The molecule has 3 atom stereocenters. The van der Waals surface area contributed by atoms with Crippen molar-refractivity contribution in [2.24, 2.45) is 0 Å². The van der Waals surface area contributed by atoms with Crippen molar-refractivity contribution >= 4 is 45.1 Å².